The molecular weight excluding hydrogens is 646 g/mol. The molecule has 2 heterocycles. The van der Waals surface area contributed by atoms with Crippen LogP contribution >= 0.6 is 0 Å². The number of phenols is 1. The fourth-order valence-corrected chi connectivity index (χ4v) is 9.95. The summed E-state index contributed by atoms with van der Waals surface area (Å²) in [4.78, 5) is 60.4. The van der Waals surface area contributed by atoms with Crippen LogP contribution in [0, 0.1) is 30.6 Å². The van der Waals surface area contributed by atoms with E-state index >= 15 is 4.79 Å². The Labute approximate surface area is 297 Å². The lowest BCUT2D eigenvalue weighted by molar-refractivity contribution is -0.144. The second kappa shape index (κ2) is 12.6. The van der Waals surface area contributed by atoms with E-state index in [1.54, 1.807) is 6.07 Å². The molecule has 51 heavy (non-hydrogen) atoms. The maximum atomic E-state index is 15.4. The second-order valence-electron chi connectivity index (χ2n) is 14.7. The number of imide groups is 2. The Balaban J connectivity index is 1.34. The number of methoxy groups -OCH3 is 2. The quantitative estimate of drug-likeness (QED) is 0.228. The number of phenolic OH excluding ortho intramolecular Hbond substituents is 1. The van der Waals surface area contributed by atoms with E-state index in [4.69, 9.17) is 9.47 Å². The summed E-state index contributed by atoms with van der Waals surface area (Å²) >= 11 is 0. The first-order chi connectivity index (χ1) is 24.7. The lowest BCUT2D eigenvalue weighted by Gasteiger charge is -2.50. The molecule has 10 heteroatoms. The van der Waals surface area contributed by atoms with Crippen LogP contribution < -0.4 is 14.9 Å². The van der Waals surface area contributed by atoms with Crippen LogP contribution in [-0.2, 0) is 24.6 Å². The number of anilines is 1. The summed E-state index contributed by atoms with van der Waals surface area (Å²) in [6, 6.07) is 19.7. The molecule has 2 N–H and O–H groups in total. The molecular formula is C41H43N3O7. The molecule has 0 bridgehead atoms. The summed E-state index contributed by atoms with van der Waals surface area (Å²) in [5.74, 6) is -4.32. The van der Waals surface area contributed by atoms with Crippen molar-refractivity contribution in [1.82, 2.24) is 9.91 Å². The molecule has 0 spiro atoms. The number of allylic oxidation sites excluding steroid dienone is 2. The van der Waals surface area contributed by atoms with E-state index in [2.05, 4.69) is 5.43 Å². The molecule has 264 valence electrons. The van der Waals surface area contributed by atoms with Crippen molar-refractivity contribution in [3.05, 3.63) is 95.1 Å². The van der Waals surface area contributed by atoms with E-state index in [9.17, 15) is 19.5 Å². The molecule has 4 fully saturated rings. The maximum absolute atomic E-state index is 15.4. The average Bonchev–Trinajstić information content (AvgIpc) is 3.53. The first kappa shape index (κ1) is 33.0. The summed E-state index contributed by atoms with van der Waals surface area (Å²) in [6.07, 6.45) is 7.16. The number of nitrogens with one attached hydrogen (secondary N) is 1. The number of ether oxygens (including phenoxy) is 2. The highest BCUT2D eigenvalue weighted by Gasteiger charge is 2.71. The van der Waals surface area contributed by atoms with Gasteiger partial charge in [-0.1, -0.05) is 78.9 Å². The van der Waals surface area contributed by atoms with Crippen molar-refractivity contribution in [2.24, 2.45) is 23.7 Å². The number of rotatable bonds is 7. The maximum Gasteiger partial charge on any atom is 0.260 e. The van der Waals surface area contributed by atoms with E-state index < -0.39 is 46.8 Å². The van der Waals surface area contributed by atoms with Gasteiger partial charge in [0.1, 0.15) is 17.2 Å². The number of hydrogen-bond acceptors (Lipinski definition) is 8. The summed E-state index contributed by atoms with van der Waals surface area (Å²) in [5, 5.41) is 13.0. The lowest BCUT2D eigenvalue weighted by atomic mass is 9.49. The third kappa shape index (κ3) is 4.89. The van der Waals surface area contributed by atoms with Gasteiger partial charge in [0.25, 0.3) is 11.8 Å². The normalized spacial score (nSPS) is 29.0. The average molecular weight is 690 g/mol. The van der Waals surface area contributed by atoms with Gasteiger partial charge in [0.05, 0.1) is 43.1 Å². The number of carbonyl (C=O) groups excluding carboxylic acids is 4. The minimum Gasteiger partial charge on any atom is -0.507 e. The van der Waals surface area contributed by atoms with Gasteiger partial charge < -0.3 is 14.6 Å². The molecule has 3 aromatic carbocycles. The van der Waals surface area contributed by atoms with Crippen molar-refractivity contribution in [3.63, 3.8) is 0 Å². The van der Waals surface area contributed by atoms with Crippen LogP contribution in [0.15, 0.2) is 78.4 Å². The Kier molecular flexibility index (Phi) is 8.15. The number of fused-ring (bicyclic) bond motifs is 4. The van der Waals surface area contributed by atoms with Gasteiger partial charge in [-0.2, -0.15) is 5.01 Å². The standard InChI is InChI=1S/C41H43N3O7/c1-23-14-16-25(17-15-23)42-44-38(47)31-22-30-28(18-19-29-34(30)39(48)43(37(29)46)26-12-8-5-9-13-26)36(35-32(45)20-27(50-2)21-33(35)51-3)41(31,40(44)49)24-10-6-4-7-11-24/h4,6-7,10-11,14-18,20-21,26,29-31,34,36,42,45H,5,8-9,12-13,19,22H2,1-3H3/t29-,30+,31-,34-,36+,41+/m0/s1. The molecule has 0 radical (unpaired) electrons. The van der Waals surface area contributed by atoms with Gasteiger partial charge in [-0.15, -0.1) is 0 Å². The molecule has 2 saturated heterocycles. The second-order valence-corrected chi connectivity index (χ2v) is 14.7. The number of amides is 4. The number of aromatic hydroxyl groups is 1. The zero-order chi connectivity index (χ0) is 35.6. The predicted octanol–water partition coefficient (Wildman–Crippen LogP) is 6.04. The topological polar surface area (TPSA) is 125 Å². The molecule has 6 atom stereocenters. The Morgan fingerprint density at radius 2 is 1.57 bits per heavy atom. The van der Waals surface area contributed by atoms with Gasteiger partial charge in [-0.25, -0.2) is 0 Å². The highest BCUT2D eigenvalue weighted by atomic mass is 16.5. The monoisotopic (exact) mass is 689 g/mol. The van der Waals surface area contributed by atoms with Crippen molar-refractivity contribution in [2.75, 3.05) is 19.6 Å². The first-order valence-corrected chi connectivity index (χ1v) is 18.0. The number of benzene rings is 3. The van der Waals surface area contributed by atoms with Gasteiger partial charge in [0.15, 0.2) is 0 Å². The van der Waals surface area contributed by atoms with Crippen LogP contribution in [0.4, 0.5) is 5.69 Å². The molecule has 0 aromatic heterocycles. The predicted molar refractivity (Wildman–Crippen MR) is 189 cm³/mol. The van der Waals surface area contributed by atoms with Crippen LogP contribution in [0.1, 0.15) is 67.6 Å². The van der Waals surface area contributed by atoms with Crippen LogP contribution in [0.5, 0.6) is 17.2 Å². The van der Waals surface area contributed by atoms with Gasteiger partial charge in [-0.05, 0) is 56.2 Å². The lowest BCUT2D eigenvalue weighted by Crippen LogP contribution is -2.53. The van der Waals surface area contributed by atoms with Crippen molar-refractivity contribution >= 4 is 29.3 Å². The van der Waals surface area contributed by atoms with Crippen LogP contribution in [0.2, 0.25) is 0 Å². The van der Waals surface area contributed by atoms with Crippen molar-refractivity contribution < 1.29 is 33.8 Å². The summed E-state index contributed by atoms with van der Waals surface area (Å²) in [7, 11) is 2.98. The zero-order valence-electron chi connectivity index (χ0n) is 29.1. The first-order valence-electron chi connectivity index (χ1n) is 18.0. The van der Waals surface area contributed by atoms with Gasteiger partial charge in [0, 0.05) is 29.7 Å². The third-order valence-electron chi connectivity index (χ3n) is 12.2. The van der Waals surface area contributed by atoms with E-state index in [0.717, 1.165) is 48.2 Å². The van der Waals surface area contributed by atoms with E-state index in [-0.39, 0.29) is 35.8 Å². The largest absolute Gasteiger partial charge is 0.507 e. The van der Waals surface area contributed by atoms with E-state index in [0.29, 0.717) is 29.0 Å². The van der Waals surface area contributed by atoms with Crippen LogP contribution in [0.25, 0.3) is 0 Å². The zero-order valence-corrected chi connectivity index (χ0v) is 29.1. The van der Waals surface area contributed by atoms with Crippen molar-refractivity contribution in [3.8, 4) is 17.2 Å². The number of nitrogens with zero attached hydrogens (tertiary/aromatic N) is 2. The number of aryl methyl sites for hydroxylation is 1. The van der Waals surface area contributed by atoms with Gasteiger partial charge in [0.2, 0.25) is 11.8 Å². The number of likely N-dealkylation sites (tertiary alicyclic amines) is 1. The molecule has 10 nitrogen and oxygen atoms in total. The summed E-state index contributed by atoms with van der Waals surface area (Å²) in [6.45, 7) is 1.96. The van der Waals surface area contributed by atoms with E-state index in [1.165, 1.54) is 25.2 Å². The molecule has 5 aliphatic rings. The fraction of sp³-hybridized carbons (Fsp3) is 0.415. The van der Waals surface area contributed by atoms with Crippen molar-refractivity contribution in [1.29, 1.82) is 0 Å². The third-order valence-corrected chi connectivity index (χ3v) is 12.2. The van der Waals surface area contributed by atoms with Gasteiger partial charge >= 0.3 is 0 Å². The SMILES string of the molecule is COc1cc(O)c([C@H]2C3=CC[C@@H]4C(=O)N(C5CCCCC5)C(=O)[C@@H]4[C@@H]3C[C@H]3C(=O)N(Nc4ccc(C)cc4)C(=O)[C@@]23c2ccccc2)c(OC)c1. The summed E-state index contributed by atoms with van der Waals surface area (Å²) < 4.78 is 11.4. The fourth-order valence-electron chi connectivity index (χ4n) is 9.95. The molecule has 2 aliphatic heterocycles. The molecule has 3 aliphatic carbocycles. The Morgan fingerprint density at radius 1 is 0.843 bits per heavy atom. The number of hydrazine groups is 1. The van der Waals surface area contributed by atoms with Crippen LogP contribution in [-0.4, -0.2) is 58.9 Å². The highest BCUT2D eigenvalue weighted by molar-refractivity contribution is 6.13. The smallest absolute Gasteiger partial charge is 0.260 e. The minimum atomic E-state index is -1.53. The van der Waals surface area contributed by atoms with Crippen LogP contribution in [0.3, 0.4) is 0 Å². The molecule has 3 aromatic rings. The van der Waals surface area contributed by atoms with E-state index in [1.807, 2.05) is 67.6 Å². The Hall–Kier alpha value is -5.12. The molecule has 2 saturated carbocycles. The molecule has 8 rings (SSSR count). The van der Waals surface area contributed by atoms with Crippen molar-refractivity contribution in [2.45, 2.75) is 69.2 Å². The Morgan fingerprint density at radius 3 is 2.25 bits per heavy atom. The highest BCUT2D eigenvalue weighted by Crippen LogP contribution is 2.66. The molecule has 4 amide bonds. The van der Waals surface area contributed by atoms with Gasteiger partial charge in [-0.3, -0.25) is 29.5 Å². The Bertz CT molecular complexity index is 1940. The number of hydrogen-bond donors (Lipinski definition) is 2. The summed E-state index contributed by atoms with van der Waals surface area (Å²) in [5.41, 5.74) is 4.90. The molecule has 0 unspecified atom stereocenters. The number of carbonyl (C=O) groups is 4. The minimum absolute atomic E-state index is 0.120.